The van der Waals surface area contributed by atoms with Gasteiger partial charge in [0, 0.05) is 38.4 Å². The van der Waals surface area contributed by atoms with Crippen molar-refractivity contribution in [1.82, 2.24) is 10.6 Å². The zero-order chi connectivity index (χ0) is 15.9. The summed E-state index contributed by atoms with van der Waals surface area (Å²) in [6.45, 7) is 9.49. The largest absolute Gasteiger partial charge is 0.378 e. The number of Topliss-reactive ketones (excluding diaryl/α,β-unsaturated/α-hetero) is 1. The monoisotopic (exact) mass is 302 g/mol. The number of nitrogens with one attached hydrogen (secondary N) is 2. The molecule has 1 amide bonds. The fraction of sp³-hybridized carbons (Fsp3) is 0.867. The molecule has 0 spiro atoms. The van der Waals surface area contributed by atoms with Gasteiger partial charge in [0.05, 0.1) is 26.4 Å². The highest BCUT2D eigenvalue weighted by Crippen LogP contribution is 1.94. The van der Waals surface area contributed by atoms with Gasteiger partial charge >= 0.3 is 0 Å². The van der Waals surface area contributed by atoms with Gasteiger partial charge in [-0.15, -0.1) is 0 Å². The summed E-state index contributed by atoms with van der Waals surface area (Å²) in [5.41, 5.74) is 0. The fourth-order valence-electron chi connectivity index (χ4n) is 1.52. The molecule has 0 radical (unpaired) electrons. The molecule has 0 aliphatic carbocycles. The molecule has 0 aromatic rings. The Morgan fingerprint density at radius 2 is 1.57 bits per heavy atom. The lowest BCUT2D eigenvalue weighted by atomic mass is 10.2. The van der Waals surface area contributed by atoms with Crippen LogP contribution in [0.1, 0.15) is 40.0 Å². The molecule has 124 valence electrons. The van der Waals surface area contributed by atoms with E-state index in [1.54, 1.807) is 6.92 Å². The van der Waals surface area contributed by atoms with Crippen molar-refractivity contribution >= 4 is 11.7 Å². The second-order valence-corrected chi connectivity index (χ2v) is 5.08. The molecule has 0 aliphatic heterocycles. The minimum Gasteiger partial charge on any atom is -0.378 e. The van der Waals surface area contributed by atoms with E-state index in [0.717, 1.165) is 6.54 Å². The van der Waals surface area contributed by atoms with Gasteiger partial charge in [-0.05, 0) is 0 Å². The van der Waals surface area contributed by atoms with Crippen LogP contribution >= 0.6 is 0 Å². The number of amides is 1. The maximum absolute atomic E-state index is 11.4. The van der Waals surface area contributed by atoms with Crippen LogP contribution in [0.2, 0.25) is 0 Å². The summed E-state index contributed by atoms with van der Waals surface area (Å²) in [6, 6.07) is 0.473. The maximum atomic E-state index is 11.4. The molecular formula is C15H30N2O4. The lowest BCUT2D eigenvalue weighted by Gasteiger charge is -2.09. The molecule has 21 heavy (non-hydrogen) atoms. The first-order chi connectivity index (χ1) is 10.1. The van der Waals surface area contributed by atoms with Crippen molar-refractivity contribution in [2.75, 3.05) is 39.5 Å². The van der Waals surface area contributed by atoms with E-state index in [9.17, 15) is 9.59 Å². The predicted octanol–water partition coefficient (Wildman–Crippen LogP) is 0.893. The van der Waals surface area contributed by atoms with Gasteiger partial charge < -0.3 is 20.1 Å². The normalized spacial score (nSPS) is 10.9. The third-order valence-electron chi connectivity index (χ3n) is 2.76. The molecule has 6 heteroatoms. The quantitative estimate of drug-likeness (QED) is 0.466. The number of hydrogen-bond donors (Lipinski definition) is 2. The van der Waals surface area contributed by atoms with Gasteiger partial charge in [0.15, 0.2) is 0 Å². The van der Waals surface area contributed by atoms with E-state index in [0.29, 0.717) is 51.9 Å². The number of ether oxygens (including phenoxy) is 2. The third kappa shape index (κ3) is 15.2. The molecule has 0 saturated heterocycles. The SMILES string of the molecule is CCC(=O)CCC(=O)NCCOCCOCCNC(C)C. The highest BCUT2D eigenvalue weighted by molar-refractivity contribution is 5.84. The average molecular weight is 302 g/mol. The maximum Gasteiger partial charge on any atom is 0.220 e. The summed E-state index contributed by atoms with van der Waals surface area (Å²) in [5.74, 6) is 0.0157. The number of carbonyl (C=O) groups is 2. The van der Waals surface area contributed by atoms with Crippen molar-refractivity contribution in [3.63, 3.8) is 0 Å². The van der Waals surface area contributed by atoms with E-state index in [2.05, 4.69) is 24.5 Å². The van der Waals surface area contributed by atoms with Crippen LogP contribution in [-0.4, -0.2) is 57.2 Å². The molecule has 0 rings (SSSR count). The van der Waals surface area contributed by atoms with Gasteiger partial charge in [-0.2, -0.15) is 0 Å². The minimum atomic E-state index is -0.101. The van der Waals surface area contributed by atoms with E-state index in [1.807, 2.05) is 0 Å². The van der Waals surface area contributed by atoms with E-state index < -0.39 is 0 Å². The standard InChI is InChI=1S/C15H30N2O4/c1-4-14(18)5-6-15(19)17-8-10-21-12-11-20-9-7-16-13(2)3/h13,16H,4-12H2,1-3H3,(H,17,19). The Morgan fingerprint density at radius 3 is 2.14 bits per heavy atom. The molecule has 0 aliphatic rings. The molecule has 0 aromatic heterocycles. The van der Waals surface area contributed by atoms with Gasteiger partial charge in [0.2, 0.25) is 5.91 Å². The van der Waals surface area contributed by atoms with Crippen LogP contribution in [0, 0.1) is 0 Å². The second kappa shape index (κ2) is 14.0. The number of rotatable bonds is 14. The molecule has 0 heterocycles. The Labute approximate surface area is 127 Å². The van der Waals surface area contributed by atoms with Gasteiger partial charge in [-0.1, -0.05) is 20.8 Å². The lowest BCUT2D eigenvalue weighted by Crippen LogP contribution is -2.28. The summed E-state index contributed by atoms with van der Waals surface area (Å²) in [5, 5.41) is 5.97. The summed E-state index contributed by atoms with van der Waals surface area (Å²) >= 11 is 0. The Hall–Kier alpha value is -0.980. The van der Waals surface area contributed by atoms with E-state index in [-0.39, 0.29) is 18.1 Å². The minimum absolute atomic E-state index is 0.101. The summed E-state index contributed by atoms with van der Waals surface area (Å²) in [7, 11) is 0. The molecule has 0 fully saturated rings. The van der Waals surface area contributed by atoms with Gasteiger partial charge in [0.1, 0.15) is 5.78 Å². The molecular weight excluding hydrogens is 272 g/mol. The third-order valence-corrected chi connectivity index (χ3v) is 2.76. The van der Waals surface area contributed by atoms with Crippen molar-refractivity contribution < 1.29 is 19.1 Å². The molecule has 0 aromatic carbocycles. The van der Waals surface area contributed by atoms with Gasteiger partial charge in [-0.3, -0.25) is 9.59 Å². The first-order valence-electron chi connectivity index (χ1n) is 7.73. The Bertz CT molecular complexity index is 283. The van der Waals surface area contributed by atoms with Crippen LogP contribution < -0.4 is 10.6 Å². The van der Waals surface area contributed by atoms with Crippen molar-refractivity contribution in [3.05, 3.63) is 0 Å². The molecule has 2 N–H and O–H groups in total. The highest BCUT2D eigenvalue weighted by Gasteiger charge is 2.04. The van der Waals surface area contributed by atoms with E-state index in [4.69, 9.17) is 9.47 Å². The van der Waals surface area contributed by atoms with Gasteiger partial charge in [-0.25, -0.2) is 0 Å². The van der Waals surface area contributed by atoms with Crippen LogP contribution in [0.15, 0.2) is 0 Å². The number of carbonyl (C=O) groups excluding carboxylic acids is 2. The number of hydrogen-bond acceptors (Lipinski definition) is 5. The lowest BCUT2D eigenvalue weighted by molar-refractivity contribution is -0.125. The van der Waals surface area contributed by atoms with Crippen LogP contribution in [0.25, 0.3) is 0 Å². The average Bonchev–Trinajstić information content (AvgIpc) is 2.46. The number of ketones is 1. The van der Waals surface area contributed by atoms with Crippen molar-refractivity contribution in [3.8, 4) is 0 Å². The van der Waals surface area contributed by atoms with Crippen LogP contribution in [0.5, 0.6) is 0 Å². The fourth-order valence-corrected chi connectivity index (χ4v) is 1.52. The first-order valence-corrected chi connectivity index (χ1v) is 7.73. The Balaban J connectivity index is 3.21. The second-order valence-electron chi connectivity index (χ2n) is 5.08. The summed E-state index contributed by atoms with van der Waals surface area (Å²) < 4.78 is 10.7. The zero-order valence-corrected chi connectivity index (χ0v) is 13.6. The van der Waals surface area contributed by atoms with E-state index >= 15 is 0 Å². The smallest absolute Gasteiger partial charge is 0.220 e. The molecule has 0 saturated carbocycles. The topological polar surface area (TPSA) is 76.7 Å². The van der Waals surface area contributed by atoms with Crippen molar-refractivity contribution in [1.29, 1.82) is 0 Å². The van der Waals surface area contributed by atoms with Crippen LogP contribution in [-0.2, 0) is 19.1 Å². The molecule has 6 nitrogen and oxygen atoms in total. The predicted molar refractivity (Wildman–Crippen MR) is 82.3 cm³/mol. The van der Waals surface area contributed by atoms with Gasteiger partial charge in [0.25, 0.3) is 0 Å². The van der Waals surface area contributed by atoms with Crippen molar-refractivity contribution in [2.24, 2.45) is 0 Å². The first kappa shape index (κ1) is 20.0. The Morgan fingerprint density at radius 1 is 0.952 bits per heavy atom. The molecule has 0 atom stereocenters. The summed E-state index contributed by atoms with van der Waals surface area (Å²) in [4.78, 5) is 22.4. The zero-order valence-electron chi connectivity index (χ0n) is 13.6. The van der Waals surface area contributed by atoms with Crippen LogP contribution in [0.3, 0.4) is 0 Å². The van der Waals surface area contributed by atoms with Crippen molar-refractivity contribution in [2.45, 2.75) is 46.1 Å². The molecule has 0 unspecified atom stereocenters. The van der Waals surface area contributed by atoms with E-state index in [1.165, 1.54) is 0 Å². The van der Waals surface area contributed by atoms with Crippen LogP contribution in [0.4, 0.5) is 0 Å². The molecule has 0 bridgehead atoms. The Kier molecular flexibility index (Phi) is 13.3. The highest BCUT2D eigenvalue weighted by atomic mass is 16.5. The summed E-state index contributed by atoms with van der Waals surface area (Å²) in [6.07, 6.45) is 1.07.